The van der Waals surface area contributed by atoms with Crippen molar-refractivity contribution in [3.8, 4) is 28.5 Å². The minimum absolute atomic E-state index is 0.264. The number of nitrogens with zero attached hydrogens (tertiary/aromatic N) is 1. The van der Waals surface area contributed by atoms with E-state index in [2.05, 4.69) is 4.57 Å². The Balaban J connectivity index is 1.95. The summed E-state index contributed by atoms with van der Waals surface area (Å²) in [6, 6.07) is 11.8. The molecule has 1 aromatic heterocycles. The molecule has 0 saturated carbocycles. The van der Waals surface area contributed by atoms with Gasteiger partial charge in [-0.05, 0) is 30.3 Å². The first-order valence-electron chi connectivity index (χ1n) is 7.01. The number of aromatic nitrogens is 1. The Morgan fingerprint density at radius 1 is 1.09 bits per heavy atom. The number of benzene rings is 2. The number of nitrogen functional groups attached to an aromatic ring is 1. The molecular weight excluding hydrogens is 280 g/mol. The van der Waals surface area contributed by atoms with Crippen LogP contribution in [0.3, 0.4) is 0 Å². The number of anilines is 1. The van der Waals surface area contributed by atoms with Crippen molar-refractivity contribution in [3.05, 3.63) is 36.4 Å². The molecule has 0 amide bonds. The van der Waals surface area contributed by atoms with Crippen LogP contribution in [0.15, 0.2) is 36.4 Å². The van der Waals surface area contributed by atoms with Crippen molar-refractivity contribution >= 4 is 16.6 Å². The number of aryl methyl sites for hydroxylation is 1. The van der Waals surface area contributed by atoms with Gasteiger partial charge in [0.2, 0.25) is 6.79 Å². The van der Waals surface area contributed by atoms with Gasteiger partial charge in [0.1, 0.15) is 5.75 Å². The lowest BCUT2D eigenvalue weighted by molar-refractivity contribution is 0.174. The molecule has 0 radical (unpaired) electrons. The third-order valence-corrected chi connectivity index (χ3v) is 4.09. The highest BCUT2D eigenvalue weighted by molar-refractivity contribution is 6.01. The van der Waals surface area contributed by atoms with E-state index in [1.165, 1.54) is 0 Å². The molecule has 0 atom stereocenters. The van der Waals surface area contributed by atoms with Crippen molar-refractivity contribution in [3.63, 3.8) is 0 Å². The van der Waals surface area contributed by atoms with Gasteiger partial charge in [-0.3, -0.25) is 0 Å². The summed E-state index contributed by atoms with van der Waals surface area (Å²) in [6.45, 7) is 0.264. The number of ether oxygens (including phenoxy) is 3. The topological polar surface area (TPSA) is 58.6 Å². The number of hydrogen-bond donors (Lipinski definition) is 1. The average Bonchev–Trinajstić information content (AvgIpc) is 3.10. The lowest BCUT2D eigenvalue weighted by atomic mass is 10.1. The summed E-state index contributed by atoms with van der Waals surface area (Å²) < 4.78 is 18.2. The van der Waals surface area contributed by atoms with Gasteiger partial charge >= 0.3 is 0 Å². The highest BCUT2D eigenvalue weighted by Crippen LogP contribution is 2.41. The van der Waals surface area contributed by atoms with Crippen LogP contribution in [-0.2, 0) is 7.05 Å². The van der Waals surface area contributed by atoms with Gasteiger partial charge in [-0.1, -0.05) is 0 Å². The molecule has 5 nitrogen and oxygen atoms in total. The van der Waals surface area contributed by atoms with E-state index in [0.717, 1.165) is 45.1 Å². The molecule has 2 N–H and O–H groups in total. The van der Waals surface area contributed by atoms with Gasteiger partial charge in [-0.15, -0.1) is 0 Å². The molecular formula is C17H16N2O3. The van der Waals surface area contributed by atoms with Crippen LogP contribution in [-0.4, -0.2) is 18.5 Å². The van der Waals surface area contributed by atoms with E-state index in [9.17, 15) is 0 Å². The van der Waals surface area contributed by atoms with Gasteiger partial charge in [-0.25, -0.2) is 0 Å². The molecule has 2 heterocycles. The first-order valence-corrected chi connectivity index (χ1v) is 7.01. The van der Waals surface area contributed by atoms with Gasteiger partial charge in [0.15, 0.2) is 11.5 Å². The molecule has 0 saturated heterocycles. The zero-order valence-electron chi connectivity index (χ0n) is 12.4. The van der Waals surface area contributed by atoms with Crippen LogP contribution in [0.25, 0.3) is 22.2 Å². The van der Waals surface area contributed by atoms with Crippen LogP contribution in [0.4, 0.5) is 5.69 Å². The fourth-order valence-corrected chi connectivity index (χ4v) is 2.97. The van der Waals surface area contributed by atoms with E-state index in [1.807, 2.05) is 43.4 Å². The minimum Gasteiger partial charge on any atom is -0.497 e. The number of methoxy groups -OCH3 is 1. The predicted molar refractivity (Wildman–Crippen MR) is 85.4 cm³/mol. The zero-order chi connectivity index (χ0) is 15.3. The molecule has 2 aromatic carbocycles. The molecule has 0 fully saturated rings. The first-order chi connectivity index (χ1) is 10.7. The minimum atomic E-state index is 0.264. The van der Waals surface area contributed by atoms with E-state index in [-0.39, 0.29) is 6.79 Å². The van der Waals surface area contributed by atoms with E-state index < -0.39 is 0 Å². The molecule has 3 aromatic rings. The molecule has 0 bridgehead atoms. The molecule has 22 heavy (non-hydrogen) atoms. The lowest BCUT2D eigenvalue weighted by Crippen LogP contribution is -1.94. The summed E-state index contributed by atoms with van der Waals surface area (Å²) in [5.41, 5.74) is 10.1. The number of hydrogen-bond acceptors (Lipinski definition) is 4. The van der Waals surface area contributed by atoms with E-state index >= 15 is 0 Å². The van der Waals surface area contributed by atoms with Gasteiger partial charge in [0.05, 0.1) is 24.0 Å². The third kappa shape index (κ3) is 1.72. The Kier molecular flexibility index (Phi) is 2.69. The maximum absolute atomic E-state index is 6.37. The highest BCUT2D eigenvalue weighted by Gasteiger charge is 2.19. The molecule has 1 aliphatic heterocycles. The van der Waals surface area contributed by atoms with Crippen LogP contribution in [0, 0.1) is 0 Å². The maximum Gasteiger partial charge on any atom is 0.231 e. The molecule has 0 unspecified atom stereocenters. The SMILES string of the molecule is COc1ccc2c(N)c(-c3ccc4c(c3)OCO4)n(C)c2c1. The largest absolute Gasteiger partial charge is 0.497 e. The summed E-state index contributed by atoms with van der Waals surface area (Å²) in [6.07, 6.45) is 0. The fraction of sp³-hybridized carbons (Fsp3) is 0.176. The van der Waals surface area contributed by atoms with Gasteiger partial charge in [0.25, 0.3) is 0 Å². The third-order valence-electron chi connectivity index (χ3n) is 4.09. The predicted octanol–water partition coefficient (Wildman–Crippen LogP) is 3.16. The Bertz CT molecular complexity index is 883. The van der Waals surface area contributed by atoms with E-state index in [1.54, 1.807) is 7.11 Å². The summed E-state index contributed by atoms with van der Waals surface area (Å²) in [7, 11) is 3.66. The van der Waals surface area contributed by atoms with Crippen LogP contribution >= 0.6 is 0 Å². The van der Waals surface area contributed by atoms with Crippen LogP contribution in [0.1, 0.15) is 0 Å². The Hall–Kier alpha value is -2.82. The second kappa shape index (κ2) is 4.59. The van der Waals surface area contributed by atoms with Crippen molar-refractivity contribution in [1.82, 2.24) is 4.57 Å². The molecule has 0 aliphatic carbocycles. The summed E-state index contributed by atoms with van der Waals surface area (Å²) in [5, 5.41) is 1.01. The second-order valence-corrected chi connectivity index (χ2v) is 5.27. The fourth-order valence-electron chi connectivity index (χ4n) is 2.97. The summed E-state index contributed by atoms with van der Waals surface area (Å²) in [4.78, 5) is 0. The van der Waals surface area contributed by atoms with Gasteiger partial charge in [-0.2, -0.15) is 0 Å². The quantitative estimate of drug-likeness (QED) is 0.789. The van der Waals surface area contributed by atoms with E-state index in [4.69, 9.17) is 19.9 Å². The zero-order valence-corrected chi connectivity index (χ0v) is 12.4. The Morgan fingerprint density at radius 3 is 2.73 bits per heavy atom. The van der Waals surface area contributed by atoms with Crippen molar-refractivity contribution in [1.29, 1.82) is 0 Å². The Morgan fingerprint density at radius 2 is 1.91 bits per heavy atom. The van der Waals surface area contributed by atoms with Gasteiger partial charge in [0, 0.05) is 24.1 Å². The number of nitrogens with two attached hydrogens (primary N) is 1. The van der Waals surface area contributed by atoms with Gasteiger partial charge < -0.3 is 24.5 Å². The summed E-state index contributed by atoms with van der Waals surface area (Å²) >= 11 is 0. The molecule has 0 spiro atoms. The van der Waals surface area contributed by atoms with Crippen LogP contribution in [0.5, 0.6) is 17.2 Å². The van der Waals surface area contributed by atoms with Crippen molar-refractivity contribution < 1.29 is 14.2 Å². The lowest BCUT2D eigenvalue weighted by Gasteiger charge is -2.07. The van der Waals surface area contributed by atoms with Crippen molar-refractivity contribution in [2.45, 2.75) is 0 Å². The van der Waals surface area contributed by atoms with Crippen LogP contribution in [0.2, 0.25) is 0 Å². The van der Waals surface area contributed by atoms with Crippen LogP contribution < -0.4 is 19.9 Å². The standard InChI is InChI=1S/C17H16N2O3/c1-19-13-8-11(20-2)4-5-12(13)16(18)17(19)10-3-6-14-15(7-10)22-9-21-14/h3-8H,9,18H2,1-2H3. The first kappa shape index (κ1) is 12.9. The number of rotatable bonds is 2. The number of fused-ring (bicyclic) bond motifs is 2. The van der Waals surface area contributed by atoms with Crippen molar-refractivity contribution in [2.24, 2.45) is 7.05 Å². The van der Waals surface area contributed by atoms with Crippen molar-refractivity contribution in [2.75, 3.05) is 19.6 Å². The Labute approximate surface area is 127 Å². The molecule has 4 rings (SSSR count). The molecule has 5 heteroatoms. The summed E-state index contributed by atoms with van der Waals surface area (Å²) in [5.74, 6) is 2.33. The smallest absolute Gasteiger partial charge is 0.231 e. The monoisotopic (exact) mass is 296 g/mol. The normalized spacial score (nSPS) is 12.8. The highest BCUT2D eigenvalue weighted by atomic mass is 16.7. The molecule has 112 valence electrons. The maximum atomic E-state index is 6.37. The second-order valence-electron chi connectivity index (χ2n) is 5.27. The average molecular weight is 296 g/mol. The molecule has 1 aliphatic rings. The van der Waals surface area contributed by atoms with E-state index in [0.29, 0.717) is 0 Å².